The Kier molecular flexibility index (Phi) is 5.62. The van der Waals surface area contributed by atoms with E-state index in [0.29, 0.717) is 17.7 Å². The van der Waals surface area contributed by atoms with Gasteiger partial charge in [-0.25, -0.2) is 8.42 Å². The van der Waals surface area contributed by atoms with E-state index in [2.05, 4.69) is 5.32 Å². The normalized spacial score (nSPS) is 11.2. The molecule has 6 heteroatoms. The number of sulfone groups is 1. The molecular formula is C18H21NO4S. The third-order valence-corrected chi connectivity index (χ3v) is 5.55. The summed E-state index contributed by atoms with van der Waals surface area (Å²) in [6.07, 6.45) is 1.41. The highest BCUT2D eigenvalue weighted by Gasteiger charge is 2.15. The third-order valence-electron chi connectivity index (χ3n) is 3.73. The Labute approximate surface area is 142 Å². The second kappa shape index (κ2) is 7.49. The number of hydrogen-bond donors (Lipinski definition) is 2. The molecule has 1 amide bonds. The summed E-state index contributed by atoms with van der Waals surface area (Å²) in [7, 11) is -3.31. The Morgan fingerprint density at radius 3 is 2.38 bits per heavy atom. The zero-order valence-corrected chi connectivity index (χ0v) is 14.6. The average molecular weight is 347 g/mol. The van der Waals surface area contributed by atoms with Gasteiger partial charge in [0.2, 0.25) is 0 Å². The number of carbonyl (C=O) groups is 1. The summed E-state index contributed by atoms with van der Waals surface area (Å²) in [6, 6.07) is 10.8. The van der Waals surface area contributed by atoms with Crippen LogP contribution in [0.25, 0.3) is 0 Å². The first-order valence-corrected chi connectivity index (χ1v) is 9.43. The number of hydrogen-bond acceptors (Lipinski definition) is 4. The first-order chi connectivity index (χ1) is 11.3. The fraction of sp³-hybridized carbons (Fsp3) is 0.278. The van der Waals surface area contributed by atoms with Crippen LogP contribution < -0.4 is 5.32 Å². The van der Waals surface area contributed by atoms with E-state index in [1.165, 1.54) is 30.3 Å². The van der Waals surface area contributed by atoms with Crippen LogP contribution >= 0.6 is 0 Å². The number of para-hydroxylation sites is 1. The van der Waals surface area contributed by atoms with Gasteiger partial charge in [0.25, 0.3) is 5.91 Å². The molecule has 2 aromatic rings. The number of rotatable bonds is 6. The summed E-state index contributed by atoms with van der Waals surface area (Å²) >= 11 is 0. The lowest BCUT2D eigenvalue weighted by Gasteiger charge is -2.10. The largest absolute Gasteiger partial charge is 0.506 e. The summed E-state index contributed by atoms with van der Waals surface area (Å²) in [5, 5.41) is 12.5. The molecule has 0 atom stereocenters. The summed E-state index contributed by atoms with van der Waals surface area (Å²) < 4.78 is 24.2. The Hall–Kier alpha value is -2.34. The lowest BCUT2D eigenvalue weighted by atomic mass is 10.1. The molecule has 0 aliphatic heterocycles. The van der Waals surface area contributed by atoms with Gasteiger partial charge in [0, 0.05) is 5.56 Å². The van der Waals surface area contributed by atoms with Crippen molar-refractivity contribution in [2.24, 2.45) is 0 Å². The van der Waals surface area contributed by atoms with Gasteiger partial charge in [-0.2, -0.15) is 0 Å². The number of aromatic hydroxyl groups is 1. The van der Waals surface area contributed by atoms with Crippen LogP contribution in [0.2, 0.25) is 0 Å². The maximum absolute atomic E-state index is 12.3. The van der Waals surface area contributed by atoms with Crippen LogP contribution in [0.1, 0.15) is 35.7 Å². The molecule has 0 saturated carbocycles. The minimum Gasteiger partial charge on any atom is -0.506 e. The van der Waals surface area contributed by atoms with Crippen LogP contribution in [0.3, 0.4) is 0 Å². The fourth-order valence-electron chi connectivity index (χ4n) is 2.27. The predicted molar refractivity (Wildman–Crippen MR) is 94.2 cm³/mol. The number of phenols is 1. The number of unbranched alkanes of at least 4 members (excludes halogenated alkanes) is 1. The van der Waals surface area contributed by atoms with Gasteiger partial charge in [0.1, 0.15) is 5.75 Å². The van der Waals surface area contributed by atoms with Gasteiger partial charge in [-0.3, -0.25) is 4.79 Å². The number of anilines is 1. The van der Waals surface area contributed by atoms with Crippen molar-refractivity contribution in [2.45, 2.75) is 31.6 Å². The number of nitrogens with one attached hydrogen (secondary N) is 1. The first kappa shape index (κ1) is 18.0. The van der Waals surface area contributed by atoms with Crippen molar-refractivity contribution < 1.29 is 18.3 Å². The van der Waals surface area contributed by atoms with E-state index < -0.39 is 15.7 Å². The van der Waals surface area contributed by atoms with Crippen molar-refractivity contribution >= 4 is 21.4 Å². The SMILES string of the molecule is CCCCS(=O)(=O)c1ccc(C(=O)Nc2c(C)cccc2O)cc1. The molecule has 24 heavy (non-hydrogen) atoms. The zero-order chi connectivity index (χ0) is 17.7. The molecule has 0 aliphatic rings. The molecule has 0 spiro atoms. The number of phenolic OH excluding ortho intramolecular Hbond substituents is 1. The minimum absolute atomic E-state index is 0.0119. The van der Waals surface area contributed by atoms with E-state index in [1.54, 1.807) is 19.1 Å². The molecule has 0 aromatic heterocycles. The predicted octanol–water partition coefficient (Wildman–Crippen LogP) is 3.53. The highest BCUT2D eigenvalue weighted by molar-refractivity contribution is 7.91. The second-order valence-electron chi connectivity index (χ2n) is 5.62. The zero-order valence-electron chi connectivity index (χ0n) is 13.7. The van der Waals surface area contributed by atoms with Gasteiger partial charge >= 0.3 is 0 Å². The lowest BCUT2D eigenvalue weighted by Crippen LogP contribution is -2.13. The first-order valence-electron chi connectivity index (χ1n) is 7.78. The molecule has 0 saturated heterocycles. The molecule has 128 valence electrons. The topological polar surface area (TPSA) is 83.5 Å². The van der Waals surface area contributed by atoms with E-state index in [-0.39, 0.29) is 16.4 Å². The quantitative estimate of drug-likeness (QED) is 0.783. The van der Waals surface area contributed by atoms with E-state index in [1.807, 2.05) is 6.92 Å². The summed E-state index contributed by atoms with van der Waals surface area (Å²) in [6.45, 7) is 3.71. The van der Waals surface area contributed by atoms with E-state index in [9.17, 15) is 18.3 Å². The molecule has 2 aromatic carbocycles. The standard InChI is InChI=1S/C18H21NO4S/c1-3-4-12-24(22,23)15-10-8-14(9-11-15)18(21)19-17-13(2)6-5-7-16(17)20/h5-11,20H,3-4,12H2,1-2H3,(H,19,21). The van der Waals surface area contributed by atoms with Crippen LogP contribution in [-0.4, -0.2) is 25.2 Å². The van der Waals surface area contributed by atoms with Gasteiger partial charge in [-0.15, -0.1) is 0 Å². The van der Waals surface area contributed by atoms with Crippen molar-refractivity contribution in [2.75, 3.05) is 11.1 Å². The molecule has 0 aliphatic carbocycles. The van der Waals surface area contributed by atoms with Crippen LogP contribution in [0, 0.1) is 6.92 Å². The number of benzene rings is 2. The highest BCUT2D eigenvalue weighted by Crippen LogP contribution is 2.27. The van der Waals surface area contributed by atoms with Crippen molar-refractivity contribution in [3.63, 3.8) is 0 Å². The van der Waals surface area contributed by atoms with Crippen LogP contribution in [0.15, 0.2) is 47.4 Å². The lowest BCUT2D eigenvalue weighted by molar-refractivity contribution is 0.102. The van der Waals surface area contributed by atoms with Crippen molar-refractivity contribution in [3.8, 4) is 5.75 Å². The van der Waals surface area contributed by atoms with Crippen LogP contribution in [0.4, 0.5) is 5.69 Å². The van der Waals surface area contributed by atoms with Crippen LogP contribution in [-0.2, 0) is 9.84 Å². The molecule has 2 N–H and O–H groups in total. The Balaban J connectivity index is 2.17. The number of carbonyl (C=O) groups excluding carboxylic acids is 1. The molecule has 0 fully saturated rings. The van der Waals surface area contributed by atoms with Gasteiger partial charge in [0.05, 0.1) is 16.3 Å². The maximum atomic E-state index is 12.3. The van der Waals surface area contributed by atoms with Gasteiger partial charge < -0.3 is 10.4 Å². The average Bonchev–Trinajstić information content (AvgIpc) is 2.56. The Morgan fingerprint density at radius 2 is 1.79 bits per heavy atom. The maximum Gasteiger partial charge on any atom is 0.255 e. The smallest absolute Gasteiger partial charge is 0.255 e. The molecule has 2 rings (SSSR count). The van der Waals surface area contributed by atoms with Crippen molar-refractivity contribution in [1.29, 1.82) is 0 Å². The summed E-state index contributed by atoms with van der Waals surface area (Å²) in [4.78, 5) is 12.5. The molecule has 5 nitrogen and oxygen atoms in total. The van der Waals surface area contributed by atoms with Crippen molar-refractivity contribution in [1.82, 2.24) is 0 Å². The minimum atomic E-state index is -3.31. The summed E-state index contributed by atoms with van der Waals surface area (Å²) in [5.74, 6) is -0.314. The molecular weight excluding hydrogens is 326 g/mol. The molecule has 0 bridgehead atoms. The monoisotopic (exact) mass is 347 g/mol. The fourth-order valence-corrected chi connectivity index (χ4v) is 3.72. The molecule has 0 radical (unpaired) electrons. The molecule has 0 unspecified atom stereocenters. The van der Waals surface area contributed by atoms with E-state index >= 15 is 0 Å². The molecule has 0 heterocycles. The van der Waals surface area contributed by atoms with Gasteiger partial charge in [-0.05, 0) is 49.2 Å². The Morgan fingerprint density at radius 1 is 1.12 bits per heavy atom. The van der Waals surface area contributed by atoms with Gasteiger partial charge in [0.15, 0.2) is 9.84 Å². The Bertz CT molecular complexity index is 806. The third kappa shape index (κ3) is 4.14. The number of amides is 1. The number of aryl methyl sites for hydroxylation is 1. The highest BCUT2D eigenvalue weighted by atomic mass is 32.2. The van der Waals surface area contributed by atoms with E-state index in [0.717, 1.165) is 12.0 Å². The van der Waals surface area contributed by atoms with E-state index in [4.69, 9.17) is 0 Å². The van der Waals surface area contributed by atoms with Crippen molar-refractivity contribution in [3.05, 3.63) is 53.6 Å². The summed E-state index contributed by atoms with van der Waals surface area (Å²) in [5.41, 5.74) is 1.41. The second-order valence-corrected chi connectivity index (χ2v) is 7.73. The van der Waals surface area contributed by atoms with Gasteiger partial charge in [-0.1, -0.05) is 25.5 Å². The van der Waals surface area contributed by atoms with Crippen LogP contribution in [0.5, 0.6) is 5.75 Å².